The summed E-state index contributed by atoms with van der Waals surface area (Å²) >= 11 is 0. The van der Waals surface area contributed by atoms with Gasteiger partial charge in [-0.3, -0.25) is 4.98 Å². The van der Waals surface area contributed by atoms with Gasteiger partial charge in [-0.05, 0) is 11.6 Å². The number of nitriles is 1. The summed E-state index contributed by atoms with van der Waals surface area (Å²) < 4.78 is 0. The van der Waals surface area contributed by atoms with Gasteiger partial charge in [-0.15, -0.1) is 0 Å². The maximum atomic E-state index is 8.68. The Morgan fingerprint density at radius 1 is 1.25 bits per heavy atom. The van der Waals surface area contributed by atoms with Crippen molar-refractivity contribution in [2.45, 2.75) is 6.42 Å². The first-order chi connectivity index (χ1) is 7.81. The molecule has 3 nitrogen and oxygen atoms in total. The van der Waals surface area contributed by atoms with E-state index in [1.807, 2.05) is 36.4 Å². The number of nitrogen functional groups attached to an aromatic ring is 1. The van der Waals surface area contributed by atoms with Crippen molar-refractivity contribution in [3.8, 4) is 17.3 Å². The molecule has 0 atom stereocenters. The lowest BCUT2D eigenvalue weighted by molar-refractivity contribution is 1.22. The van der Waals surface area contributed by atoms with Crippen LogP contribution in [0, 0.1) is 11.3 Å². The SMILES string of the molecule is N#CCc1cc(-c2ccccc2)ncc1N. The molecule has 0 fully saturated rings. The first-order valence-corrected chi connectivity index (χ1v) is 4.98. The zero-order valence-corrected chi connectivity index (χ0v) is 8.72. The second-order valence-corrected chi connectivity index (χ2v) is 3.47. The molecule has 0 unspecified atom stereocenters. The predicted octanol–water partition coefficient (Wildman–Crippen LogP) is 2.40. The van der Waals surface area contributed by atoms with E-state index >= 15 is 0 Å². The zero-order valence-electron chi connectivity index (χ0n) is 8.72. The Kier molecular flexibility index (Phi) is 2.84. The lowest BCUT2D eigenvalue weighted by Gasteiger charge is -2.05. The number of rotatable bonds is 2. The van der Waals surface area contributed by atoms with Crippen LogP contribution in [0.2, 0.25) is 0 Å². The van der Waals surface area contributed by atoms with Crippen LogP contribution in [-0.4, -0.2) is 4.98 Å². The summed E-state index contributed by atoms with van der Waals surface area (Å²) in [5.74, 6) is 0. The van der Waals surface area contributed by atoms with E-state index in [9.17, 15) is 0 Å². The fourth-order valence-corrected chi connectivity index (χ4v) is 1.51. The standard InChI is InChI=1S/C13H11N3/c14-7-6-11-8-13(16-9-12(11)15)10-4-2-1-3-5-10/h1-5,8-9H,6,15H2. The van der Waals surface area contributed by atoms with E-state index in [4.69, 9.17) is 11.0 Å². The predicted molar refractivity (Wildman–Crippen MR) is 63.4 cm³/mol. The summed E-state index contributed by atoms with van der Waals surface area (Å²) in [6, 6.07) is 13.8. The van der Waals surface area contributed by atoms with E-state index in [1.165, 1.54) is 0 Å². The van der Waals surface area contributed by atoms with Crippen molar-refractivity contribution in [3.05, 3.63) is 48.2 Å². The van der Waals surface area contributed by atoms with Crippen LogP contribution in [-0.2, 0) is 6.42 Å². The summed E-state index contributed by atoms with van der Waals surface area (Å²) in [5, 5.41) is 8.68. The van der Waals surface area contributed by atoms with Crippen LogP contribution in [0.25, 0.3) is 11.3 Å². The van der Waals surface area contributed by atoms with Gasteiger partial charge in [-0.2, -0.15) is 5.26 Å². The molecule has 1 aromatic heterocycles. The molecular weight excluding hydrogens is 198 g/mol. The number of pyridine rings is 1. The Morgan fingerprint density at radius 2 is 2.00 bits per heavy atom. The Labute approximate surface area is 94.2 Å². The number of anilines is 1. The summed E-state index contributed by atoms with van der Waals surface area (Å²) in [7, 11) is 0. The van der Waals surface area contributed by atoms with Crippen molar-refractivity contribution < 1.29 is 0 Å². The summed E-state index contributed by atoms with van der Waals surface area (Å²) in [6.45, 7) is 0. The highest BCUT2D eigenvalue weighted by atomic mass is 14.7. The van der Waals surface area contributed by atoms with Crippen molar-refractivity contribution in [1.29, 1.82) is 5.26 Å². The molecule has 0 aliphatic rings. The quantitative estimate of drug-likeness (QED) is 0.826. The van der Waals surface area contributed by atoms with E-state index in [0.29, 0.717) is 12.1 Å². The number of aromatic nitrogens is 1. The fraction of sp³-hybridized carbons (Fsp3) is 0.0769. The molecule has 0 aliphatic carbocycles. The molecule has 0 bridgehead atoms. The smallest absolute Gasteiger partial charge is 0.0706 e. The Morgan fingerprint density at radius 3 is 2.69 bits per heavy atom. The lowest BCUT2D eigenvalue weighted by atomic mass is 10.1. The molecule has 16 heavy (non-hydrogen) atoms. The van der Waals surface area contributed by atoms with Gasteiger partial charge in [0.15, 0.2) is 0 Å². The monoisotopic (exact) mass is 209 g/mol. The molecule has 2 aromatic rings. The molecule has 0 spiro atoms. The molecular formula is C13H11N3. The van der Waals surface area contributed by atoms with E-state index < -0.39 is 0 Å². The molecule has 0 saturated carbocycles. The van der Waals surface area contributed by atoms with Crippen molar-refractivity contribution in [2.75, 3.05) is 5.73 Å². The van der Waals surface area contributed by atoms with Gasteiger partial charge >= 0.3 is 0 Å². The van der Waals surface area contributed by atoms with Crippen molar-refractivity contribution in [3.63, 3.8) is 0 Å². The van der Waals surface area contributed by atoms with Crippen LogP contribution in [0.15, 0.2) is 42.6 Å². The molecule has 2 rings (SSSR count). The fourth-order valence-electron chi connectivity index (χ4n) is 1.51. The van der Waals surface area contributed by atoms with Crippen molar-refractivity contribution in [2.24, 2.45) is 0 Å². The minimum absolute atomic E-state index is 0.314. The third kappa shape index (κ3) is 2.01. The molecule has 1 aromatic carbocycles. The third-order valence-electron chi connectivity index (χ3n) is 2.36. The maximum absolute atomic E-state index is 8.68. The van der Waals surface area contributed by atoms with E-state index in [-0.39, 0.29) is 0 Å². The second-order valence-electron chi connectivity index (χ2n) is 3.47. The summed E-state index contributed by atoms with van der Waals surface area (Å²) in [5.41, 5.74) is 9.02. The Bertz CT molecular complexity index is 527. The number of nitrogens with zero attached hydrogens (tertiary/aromatic N) is 2. The van der Waals surface area contributed by atoms with E-state index in [2.05, 4.69) is 11.1 Å². The topological polar surface area (TPSA) is 62.7 Å². The number of nitrogens with two attached hydrogens (primary N) is 1. The molecule has 2 N–H and O–H groups in total. The third-order valence-corrected chi connectivity index (χ3v) is 2.36. The van der Waals surface area contributed by atoms with Gasteiger partial charge in [-0.25, -0.2) is 0 Å². The molecule has 78 valence electrons. The molecule has 3 heteroatoms. The van der Waals surface area contributed by atoms with Crippen molar-refractivity contribution in [1.82, 2.24) is 4.98 Å². The zero-order chi connectivity index (χ0) is 11.4. The molecule has 0 radical (unpaired) electrons. The molecule has 0 amide bonds. The van der Waals surface area contributed by atoms with Gasteiger partial charge in [0.2, 0.25) is 0 Å². The highest BCUT2D eigenvalue weighted by molar-refractivity contribution is 5.63. The van der Waals surface area contributed by atoms with Crippen LogP contribution in [0.4, 0.5) is 5.69 Å². The largest absolute Gasteiger partial charge is 0.397 e. The first-order valence-electron chi connectivity index (χ1n) is 4.98. The van der Waals surface area contributed by atoms with Crippen LogP contribution in [0.1, 0.15) is 5.56 Å². The summed E-state index contributed by atoms with van der Waals surface area (Å²) in [4.78, 5) is 4.26. The average molecular weight is 209 g/mol. The minimum atomic E-state index is 0.314. The first kappa shape index (κ1) is 10.2. The van der Waals surface area contributed by atoms with Crippen LogP contribution in [0.5, 0.6) is 0 Å². The van der Waals surface area contributed by atoms with Gasteiger partial charge in [-0.1, -0.05) is 30.3 Å². The Hall–Kier alpha value is -2.34. The minimum Gasteiger partial charge on any atom is -0.397 e. The van der Waals surface area contributed by atoms with Crippen LogP contribution in [0.3, 0.4) is 0 Å². The van der Waals surface area contributed by atoms with Crippen molar-refractivity contribution >= 4 is 5.69 Å². The van der Waals surface area contributed by atoms with Gasteiger partial charge in [0.05, 0.1) is 30.1 Å². The number of hydrogen-bond acceptors (Lipinski definition) is 3. The maximum Gasteiger partial charge on any atom is 0.0706 e. The van der Waals surface area contributed by atoms with Gasteiger partial charge in [0.25, 0.3) is 0 Å². The van der Waals surface area contributed by atoms with E-state index in [1.54, 1.807) is 6.20 Å². The highest BCUT2D eigenvalue weighted by Crippen LogP contribution is 2.20. The lowest BCUT2D eigenvalue weighted by Crippen LogP contribution is -1.96. The van der Waals surface area contributed by atoms with Gasteiger partial charge < -0.3 is 5.73 Å². The number of benzene rings is 1. The van der Waals surface area contributed by atoms with E-state index in [0.717, 1.165) is 16.8 Å². The second kappa shape index (κ2) is 4.45. The van der Waals surface area contributed by atoms with Gasteiger partial charge in [0, 0.05) is 5.56 Å². The summed E-state index contributed by atoms with van der Waals surface area (Å²) in [6.07, 6.45) is 1.92. The Balaban J connectivity index is 2.45. The van der Waals surface area contributed by atoms with Gasteiger partial charge in [0.1, 0.15) is 0 Å². The highest BCUT2D eigenvalue weighted by Gasteiger charge is 2.03. The van der Waals surface area contributed by atoms with Crippen LogP contribution >= 0.6 is 0 Å². The van der Waals surface area contributed by atoms with Crippen LogP contribution < -0.4 is 5.73 Å². The number of hydrogen-bond donors (Lipinski definition) is 1. The average Bonchev–Trinajstić information content (AvgIpc) is 2.33. The normalized spacial score (nSPS) is 9.69. The molecule has 0 aliphatic heterocycles. The molecule has 0 saturated heterocycles. The molecule has 1 heterocycles.